The number of amides is 2. The van der Waals surface area contributed by atoms with E-state index < -0.39 is 5.38 Å². The number of benzene rings is 2. The molecule has 2 atom stereocenters. The van der Waals surface area contributed by atoms with Crippen LogP contribution in [0.3, 0.4) is 0 Å². The van der Waals surface area contributed by atoms with Crippen LogP contribution in [0.2, 0.25) is 0 Å². The molecule has 1 unspecified atom stereocenters. The molecule has 0 bridgehead atoms. The summed E-state index contributed by atoms with van der Waals surface area (Å²) in [4.78, 5) is 30.6. The molecule has 1 saturated heterocycles. The van der Waals surface area contributed by atoms with Crippen molar-refractivity contribution in [2.45, 2.75) is 24.8 Å². The fraction of sp³-hybridized carbons (Fsp3) is 0.250. The van der Waals surface area contributed by atoms with Gasteiger partial charge in [-0.05, 0) is 24.5 Å². The van der Waals surface area contributed by atoms with Gasteiger partial charge >= 0.3 is 0 Å². The Bertz CT molecular complexity index is 790. The van der Waals surface area contributed by atoms with Crippen molar-refractivity contribution in [2.24, 2.45) is 4.99 Å². The van der Waals surface area contributed by atoms with Gasteiger partial charge in [0.1, 0.15) is 5.71 Å². The van der Waals surface area contributed by atoms with Crippen LogP contribution < -0.4 is 0 Å². The Morgan fingerprint density at radius 3 is 2.28 bits per heavy atom. The van der Waals surface area contributed by atoms with Gasteiger partial charge in [-0.25, -0.2) is 0 Å². The molecule has 4 nitrogen and oxygen atoms in total. The Morgan fingerprint density at radius 1 is 1.04 bits per heavy atom. The zero-order valence-electron chi connectivity index (χ0n) is 13.9. The van der Waals surface area contributed by atoms with Gasteiger partial charge in [0.2, 0.25) is 0 Å². The number of halogens is 1. The van der Waals surface area contributed by atoms with Crippen LogP contribution in [0.1, 0.15) is 24.1 Å². The second-order valence-corrected chi connectivity index (χ2v) is 6.43. The molecule has 1 aliphatic rings. The number of carbonyl (C=O) groups excluding carboxylic acids is 2. The van der Waals surface area contributed by atoms with E-state index in [-0.39, 0.29) is 23.6 Å². The van der Waals surface area contributed by atoms with E-state index in [4.69, 9.17) is 11.6 Å². The molecule has 25 heavy (non-hydrogen) atoms. The lowest BCUT2D eigenvalue weighted by Gasteiger charge is -2.13. The largest absolute Gasteiger partial charge is 0.276 e. The summed E-state index contributed by atoms with van der Waals surface area (Å²) in [5.41, 5.74) is 2.18. The van der Waals surface area contributed by atoms with Gasteiger partial charge in [-0.1, -0.05) is 60.7 Å². The molecule has 128 valence electrons. The van der Waals surface area contributed by atoms with E-state index in [1.54, 1.807) is 0 Å². The zero-order valence-corrected chi connectivity index (χ0v) is 14.7. The minimum absolute atomic E-state index is 0.135. The van der Waals surface area contributed by atoms with E-state index in [9.17, 15) is 9.59 Å². The van der Waals surface area contributed by atoms with Crippen molar-refractivity contribution in [3.05, 3.63) is 71.8 Å². The quantitative estimate of drug-likeness (QED) is 0.610. The monoisotopic (exact) mass is 354 g/mol. The first-order chi connectivity index (χ1) is 12.1. The van der Waals surface area contributed by atoms with Crippen LogP contribution in [0.25, 0.3) is 0 Å². The van der Waals surface area contributed by atoms with Gasteiger partial charge in [-0.3, -0.25) is 19.5 Å². The van der Waals surface area contributed by atoms with E-state index in [1.807, 2.05) is 67.6 Å². The van der Waals surface area contributed by atoms with Crippen molar-refractivity contribution in [2.75, 3.05) is 6.54 Å². The van der Waals surface area contributed by atoms with E-state index in [0.717, 1.165) is 11.1 Å². The third-order valence-electron chi connectivity index (χ3n) is 4.27. The van der Waals surface area contributed by atoms with Crippen LogP contribution in [-0.2, 0) is 16.0 Å². The van der Waals surface area contributed by atoms with Crippen LogP contribution in [0, 0.1) is 0 Å². The molecule has 2 aromatic rings. The Labute approximate surface area is 152 Å². The molecule has 5 heteroatoms. The minimum Gasteiger partial charge on any atom is -0.275 e. The molecule has 2 amide bonds. The summed E-state index contributed by atoms with van der Waals surface area (Å²) in [7, 11) is 0. The Kier molecular flexibility index (Phi) is 5.29. The van der Waals surface area contributed by atoms with Gasteiger partial charge in [0, 0.05) is 6.54 Å². The zero-order chi connectivity index (χ0) is 17.8. The van der Waals surface area contributed by atoms with Crippen LogP contribution in [0.5, 0.6) is 0 Å². The molecule has 0 N–H and O–H groups in total. The Hall–Kier alpha value is -2.46. The average Bonchev–Trinajstić information content (AvgIpc) is 2.85. The number of imide groups is 1. The van der Waals surface area contributed by atoms with E-state index in [1.165, 1.54) is 4.90 Å². The Balaban J connectivity index is 1.75. The van der Waals surface area contributed by atoms with Gasteiger partial charge < -0.3 is 0 Å². The summed E-state index contributed by atoms with van der Waals surface area (Å²) in [5.74, 6) is -0.773. The molecule has 1 fully saturated rings. The summed E-state index contributed by atoms with van der Waals surface area (Å²) >= 11 is 6.19. The third kappa shape index (κ3) is 3.80. The number of nitrogens with zero attached hydrogens (tertiary/aromatic N) is 2. The number of alkyl halides is 1. The van der Waals surface area contributed by atoms with Gasteiger partial charge in [0.05, 0.1) is 6.04 Å². The summed E-state index contributed by atoms with van der Waals surface area (Å²) in [6, 6.07) is 19.1. The smallest absolute Gasteiger partial charge is 0.275 e. The van der Waals surface area contributed by atoms with Gasteiger partial charge in [-0.15, -0.1) is 11.6 Å². The van der Waals surface area contributed by atoms with Gasteiger partial charge in [0.15, 0.2) is 5.38 Å². The highest BCUT2D eigenvalue weighted by atomic mass is 35.5. The van der Waals surface area contributed by atoms with Gasteiger partial charge in [-0.2, -0.15) is 0 Å². The van der Waals surface area contributed by atoms with E-state index in [2.05, 4.69) is 4.99 Å². The first kappa shape index (κ1) is 17.4. The number of aliphatic imine (C=N–C) groups is 1. The summed E-state index contributed by atoms with van der Waals surface area (Å²) in [5, 5.41) is -1.01. The highest BCUT2D eigenvalue weighted by molar-refractivity contribution is 6.63. The number of rotatable bonds is 5. The third-order valence-corrected chi connectivity index (χ3v) is 4.66. The molecule has 0 aromatic heterocycles. The maximum absolute atomic E-state index is 12.6. The molecular formula is C20H19ClN2O2. The van der Waals surface area contributed by atoms with Crippen molar-refractivity contribution in [3.63, 3.8) is 0 Å². The second-order valence-electron chi connectivity index (χ2n) is 5.99. The summed E-state index contributed by atoms with van der Waals surface area (Å²) < 4.78 is 0. The fourth-order valence-electron chi connectivity index (χ4n) is 2.83. The van der Waals surface area contributed by atoms with Crippen LogP contribution in [0.4, 0.5) is 0 Å². The molecule has 1 heterocycles. The number of hydrogen-bond acceptors (Lipinski definition) is 3. The standard InChI is InChI=1S/C20H19ClN2O2/c1-14(16-10-6-3-7-11-16)22-18-17(21)19(24)23(20(18)25)13-12-15-8-4-2-5-9-15/h2-11,14,17H,12-13H2,1H3/t14-,17?/m1/s1. The summed E-state index contributed by atoms with van der Waals surface area (Å²) in [6.07, 6.45) is 0.601. The molecule has 0 saturated carbocycles. The van der Waals surface area contributed by atoms with Crippen molar-refractivity contribution < 1.29 is 9.59 Å². The van der Waals surface area contributed by atoms with Crippen molar-refractivity contribution in [1.29, 1.82) is 0 Å². The minimum atomic E-state index is -1.01. The van der Waals surface area contributed by atoms with E-state index in [0.29, 0.717) is 13.0 Å². The molecule has 3 rings (SSSR count). The first-order valence-corrected chi connectivity index (χ1v) is 8.68. The lowest BCUT2D eigenvalue weighted by molar-refractivity contribution is -0.136. The molecule has 1 aliphatic heterocycles. The highest BCUT2D eigenvalue weighted by Crippen LogP contribution is 2.23. The predicted octanol–water partition coefficient (Wildman–Crippen LogP) is 3.41. The predicted molar refractivity (Wildman–Crippen MR) is 98.8 cm³/mol. The van der Waals surface area contributed by atoms with Crippen LogP contribution in [-0.4, -0.2) is 34.3 Å². The molecule has 2 aromatic carbocycles. The fourth-order valence-corrected chi connectivity index (χ4v) is 3.10. The second kappa shape index (κ2) is 7.62. The van der Waals surface area contributed by atoms with Crippen molar-refractivity contribution >= 4 is 29.1 Å². The molecule has 0 radical (unpaired) electrons. The SMILES string of the molecule is C[C@@H](N=C1C(=O)N(CCc2ccccc2)C(=O)C1Cl)c1ccccc1. The van der Waals surface area contributed by atoms with Gasteiger partial charge in [0.25, 0.3) is 11.8 Å². The summed E-state index contributed by atoms with van der Waals surface area (Å²) in [6.45, 7) is 2.19. The lowest BCUT2D eigenvalue weighted by Crippen LogP contribution is -2.33. The molecule has 0 spiro atoms. The Morgan fingerprint density at radius 2 is 1.64 bits per heavy atom. The number of hydrogen-bond donors (Lipinski definition) is 0. The van der Waals surface area contributed by atoms with Crippen LogP contribution in [0.15, 0.2) is 65.7 Å². The maximum Gasteiger partial charge on any atom is 0.276 e. The van der Waals surface area contributed by atoms with E-state index >= 15 is 0 Å². The molecular weight excluding hydrogens is 336 g/mol. The lowest BCUT2D eigenvalue weighted by atomic mass is 10.1. The molecule has 0 aliphatic carbocycles. The number of carbonyl (C=O) groups is 2. The normalized spacial score (nSPS) is 20.3. The van der Waals surface area contributed by atoms with Crippen LogP contribution >= 0.6 is 11.6 Å². The topological polar surface area (TPSA) is 49.7 Å². The van der Waals surface area contributed by atoms with Crippen molar-refractivity contribution in [3.8, 4) is 0 Å². The van der Waals surface area contributed by atoms with Crippen molar-refractivity contribution in [1.82, 2.24) is 4.90 Å². The first-order valence-electron chi connectivity index (χ1n) is 8.24. The maximum atomic E-state index is 12.6. The highest BCUT2D eigenvalue weighted by Gasteiger charge is 2.43. The number of likely N-dealkylation sites (tertiary alicyclic amines) is 1. The average molecular weight is 355 g/mol.